The molecule has 3 aromatic rings. The van der Waals surface area contributed by atoms with Gasteiger partial charge in [-0.15, -0.1) is 11.3 Å². The Morgan fingerprint density at radius 2 is 1.88 bits per heavy atom. The van der Waals surface area contributed by atoms with Crippen molar-refractivity contribution in [2.45, 2.75) is 13.8 Å². The Balaban J connectivity index is 1.45. The van der Waals surface area contributed by atoms with Crippen molar-refractivity contribution in [3.63, 3.8) is 0 Å². The van der Waals surface area contributed by atoms with Crippen molar-refractivity contribution >= 4 is 51.1 Å². The van der Waals surface area contributed by atoms with Gasteiger partial charge in [-0.2, -0.15) is 4.98 Å². The van der Waals surface area contributed by atoms with E-state index < -0.39 is 0 Å². The van der Waals surface area contributed by atoms with E-state index in [1.54, 1.807) is 18.1 Å². The summed E-state index contributed by atoms with van der Waals surface area (Å²) in [6, 6.07) is 6.41. The highest BCUT2D eigenvalue weighted by atomic mass is 32.1. The van der Waals surface area contributed by atoms with Gasteiger partial charge in [0.25, 0.3) is 5.91 Å². The summed E-state index contributed by atoms with van der Waals surface area (Å²) in [5.41, 5.74) is 4.41. The van der Waals surface area contributed by atoms with Crippen molar-refractivity contribution in [1.29, 1.82) is 0 Å². The van der Waals surface area contributed by atoms with Gasteiger partial charge in [-0.1, -0.05) is 0 Å². The predicted molar refractivity (Wildman–Crippen MR) is 129 cm³/mol. The van der Waals surface area contributed by atoms with Crippen LogP contribution in [0.25, 0.3) is 0 Å². The van der Waals surface area contributed by atoms with Crippen LogP contribution in [0.1, 0.15) is 21.1 Å². The van der Waals surface area contributed by atoms with Gasteiger partial charge in [-0.05, 0) is 37.6 Å². The zero-order chi connectivity index (χ0) is 22.4. The molecule has 2 aliphatic heterocycles. The second kappa shape index (κ2) is 8.03. The molecule has 0 unspecified atom stereocenters. The van der Waals surface area contributed by atoms with Crippen LogP contribution in [-0.2, 0) is 0 Å². The smallest absolute Gasteiger partial charge is 0.279 e. The van der Waals surface area contributed by atoms with E-state index in [0.717, 1.165) is 47.4 Å². The van der Waals surface area contributed by atoms with Crippen molar-refractivity contribution < 1.29 is 4.79 Å². The number of aryl methyl sites for hydroxylation is 2. The first-order valence-electron chi connectivity index (χ1n) is 10.6. The fourth-order valence-electron chi connectivity index (χ4n) is 4.09. The Morgan fingerprint density at radius 1 is 1.09 bits per heavy atom. The third-order valence-electron chi connectivity index (χ3n) is 5.90. The average molecular weight is 451 g/mol. The summed E-state index contributed by atoms with van der Waals surface area (Å²) >= 11 is 1.49. The van der Waals surface area contributed by atoms with E-state index in [1.807, 2.05) is 18.9 Å². The molecule has 2 aliphatic rings. The van der Waals surface area contributed by atoms with Crippen molar-refractivity contribution in [2.75, 3.05) is 60.3 Å². The average Bonchev–Trinajstić information content (AvgIpc) is 3.18. The van der Waals surface area contributed by atoms with Gasteiger partial charge in [0, 0.05) is 51.6 Å². The van der Waals surface area contributed by atoms with Gasteiger partial charge in [-0.25, -0.2) is 9.97 Å². The quantitative estimate of drug-likeness (QED) is 0.629. The summed E-state index contributed by atoms with van der Waals surface area (Å²) in [5, 5.41) is 8.38. The summed E-state index contributed by atoms with van der Waals surface area (Å²) in [5.74, 6) is 0.994. The first kappa shape index (κ1) is 20.7. The number of hydrogen-bond donors (Lipinski definition) is 2. The first-order chi connectivity index (χ1) is 15.4. The molecule has 1 aromatic carbocycles. The molecule has 0 saturated carbocycles. The molecule has 0 spiro atoms. The van der Waals surface area contributed by atoms with Crippen molar-refractivity contribution in [3.8, 4) is 0 Å². The number of rotatable bonds is 3. The van der Waals surface area contributed by atoms with Crippen LogP contribution in [0.2, 0.25) is 0 Å². The van der Waals surface area contributed by atoms with Crippen LogP contribution in [0.3, 0.4) is 0 Å². The maximum Gasteiger partial charge on any atom is 0.279 e. The van der Waals surface area contributed by atoms with Gasteiger partial charge in [0.05, 0.1) is 11.2 Å². The van der Waals surface area contributed by atoms with Gasteiger partial charge >= 0.3 is 0 Å². The van der Waals surface area contributed by atoms with Crippen LogP contribution in [-0.4, -0.2) is 61.1 Å². The molecule has 4 heterocycles. The number of fused-ring (bicyclic) bond motifs is 2. The first-order valence-corrected chi connectivity index (χ1v) is 11.4. The molecule has 2 N–H and O–H groups in total. The fraction of sp³-hybridized carbons (Fsp3) is 0.364. The Morgan fingerprint density at radius 3 is 2.62 bits per heavy atom. The summed E-state index contributed by atoms with van der Waals surface area (Å²) in [7, 11) is 3.64. The van der Waals surface area contributed by atoms with E-state index in [9.17, 15) is 4.79 Å². The normalized spacial score (nSPS) is 16.0. The van der Waals surface area contributed by atoms with E-state index in [0.29, 0.717) is 23.1 Å². The lowest BCUT2D eigenvalue weighted by Crippen LogP contribution is -2.43. The lowest BCUT2D eigenvalue weighted by molar-refractivity contribution is 0.0990. The minimum Gasteiger partial charge on any atom is -0.369 e. The molecule has 1 amide bonds. The maximum atomic E-state index is 12.9. The second-order valence-corrected chi connectivity index (χ2v) is 9.26. The van der Waals surface area contributed by atoms with Crippen LogP contribution in [0.4, 0.5) is 33.8 Å². The van der Waals surface area contributed by atoms with Gasteiger partial charge < -0.3 is 25.3 Å². The number of carbonyl (C=O) groups excluding carboxylic acids is 1. The molecule has 0 aliphatic carbocycles. The molecule has 0 radical (unpaired) electrons. The topological polar surface area (TPSA) is 89.5 Å². The van der Waals surface area contributed by atoms with Crippen LogP contribution in [0.5, 0.6) is 0 Å². The zero-order valence-electron chi connectivity index (χ0n) is 18.6. The third-order valence-corrected chi connectivity index (χ3v) is 6.94. The van der Waals surface area contributed by atoms with Crippen LogP contribution in [0.15, 0.2) is 24.4 Å². The monoisotopic (exact) mass is 450 g/mol. The molecule has 1 fully saturated rings. The highest BCUT2D eigenvalue weighted by Crippen LogP contribution is 2.41. The van der Waals surface area contributed by atoms with Crippen molar-refractivity contribution in [1.82, 2.24) is 20.3 Å². The van der Waals surface area contributed by atoms with Crippen molar-refractivity contribution in [3.05, 3.63) is 40.7 Å². The standard InChI is InChI=1S/C22H26N8OS/c1-13-11-15(30-9-7-23-8-10-30)5-6-16(13)26-22-24-12-17-19(27-22)29(4)21-18(20(31)28(17)3)25-14(2)32-21/h5-6,11-12,23H,7-10H2,1-4H3,(H,24,26,27). The fourth-order valence-corrected chi connectivity index (χ4v) is 4.96. The number of benzene rings is 1. The molecule has 1 saturated heterocycles. The molecule has 5 rings (SSSR count). The number of hydrogen-bond acceptors (Lipinski definition) is 9. The molecule has 0 bridgehead atoms. The number of thiazole rings is 1. The summed E-state index contributed by atoms with van der Waals surface area (Å²) in [6.07, 6.45) is 1.69. The van der Waals surface area contributed by atoms with E-state index in [2.05, 4.69) is 50.6 Å². The minimum absolute atomic E-state index is 0.154. The highest BCUT2D eigenvalue weighted by Gasteiger charge is 2.32. The molecule has 9 nitrogen and oxygen atoms in total. The van der Waals surface area contributed by atoms with E-state index in [1.165, 1.54) is 17.0 Å². The van der Waals surface area contributed by atoms with Crippen LogP contribution < -0.4 is 25.3 Å². The molecular formula is C22H26N8OS. The number of anilines is 6. The van der Waals surface area contributed by atoms with Crippen molar-refractivity contribution in [2.24, 2.45) is 0 Å². The zero-order valence-corrected chi connectivity index (χ0v) is 19.5. The van der Waals surface area contributed by atoms with Gasteiger partial charge in [0.15, 0.2) is 11.5 Å². The van der Waals surface area contributed by atoms with Gasteiger partial charge in [-0.3, -0.25) is 4.79 Å². The van der Waals surface area contributed by atoms with E-state index in [-0.39, 0.29) is 5.91 Å². The summed E-state index contributed by atoms with van der Waals surface area (Å²) in [6.45, 7) is 8.03. The lowest BCUT2D eigenvalue weighted by atomic mass is 10.1. The highest BCUT2D eigenvalue weighted by molar-refractivity contribution is 7.16. The Kier molecular flexibility index (Phi) is 5.18. The van der Waals surface area contributed by atoms with Crippen LogP contribution >= 0.6 is 11.3 Å². The Bertz CT molecular complexity index is 1190. The maximum absolute atomic E-state index is 12.9. The van der Waals surface area contributed by atoms with Crippen LogP contribution in [0, 0.1) is 13.8 Å². The molecule has 10 heteroatoms. The minimum atomic E-state index is -0.154. The summed E-state index contributed by atoms with van der Waals surface area (Å²) in [4.78, 5) is 32.5. The second-order valence-electron chi connectivity index (χ2n) is 8.07. The number of nitrogens with zero attached hydrogens (tertiary/aromatic N) is 6. The number of carbonyl (C=O) groups is 1. The largest absolute Gasteiger partial charge is 0.369 e. The summed E-state index contributed by atoms with van der Waals surface area (Å²) < 4.78 is 0. The molecule has 32 heavy (non-hydrogen) atoms. The third kappa shape index (κ3) is 3.55. The lowest BCUT2D eigenvalue weighted by Gasteiger charge is -2.30. The van der Waals surface area contributed by atoms with E-state index in [4.69, 9.17) is 4.98 Å². The number of nitrogens with one attached hydrogen (secondary N) is 2. The number of amides is 1. The molecule has 0 atom stereocenters. The Hall–Kier alpha value is -3.24. The molecular weight excluding hydrogens is 424 g/mol. The van der Waals surface area contributed by atoms with Gasteiger partial charge in [0.1, 0.15) is 10.7 Å². The molecule has 2 aromatic heterocycles. The predicted octanol–water partition coefficient (Wildman–Crippen LogP) is 3.06. The van der Waals surface area contributed by atoms with Gasteiger partial charge in [0.2, 0.25) is 5.95 Å². The Labute approximate surface area is 191 Å². The molecule has 166 valence electrons. The number of aromatic nitrogens is 3. The van der Waals surface area contributed by atoms with E-state index >= 15 is 0 Å². The SMILES string of the molecule is Cc1nc2c(s1)N(C)c1nc(Nc3ccc(N4CCNCC4)cc3C)ncc1N(C)C2=O. The number of piperazine rings is 1.